The molecule has 0 radical (unpaired) electrons. The second-order valence-corrected chi connectivity index (χ2v) is 4.88. The Labute approximate surface area is 98.8 Å². The van der Waals surface area contributed by atoms with Gasteiger partial charge < -0.3 is 15.5 Å². The van der Waals surface area contributed by atoms with Crippen molar-refractivity contribution in [2.24, 2.45) is 11.7 Å². The maximum absolute atomic E-state index is 11.6. The number of nitrogens with two attached hydrogens (primary N) is 1. The van der Waals surface area contributed by atoms with Gasteiger partial charge in [-0.1, -0.05) is 6.92 Å². The largest absolute Gasteiger partial charge is 0.341 e. The van der Waals surface area contributed by atoms with Gasteiger partial charge in [0.05, 0.1) is 0 Å². The van der Waals surface area contributed by atoms with Crippen LogP contribution in [0.5, 0.6) is 0 Å². The van der Waals surface area contributed by atoms with Crippen molar-refractivity contribution in [3.63, 3.8) is 0 Å². The summed E-state index contributed by atoms with van der Waals surface area (Å²) in [5.74, 6) is 0.648. The molecule has 1 saturated heterocycles. The van der Waals surface area contributed by atoms with Crippen molar-refractivity contribution in [2.45, 2.75) is 32.7 Å². The second kappa shape index (κ2) is 6.21. The standard InChI is InChI=1S/C12H25N3O/c1-4-10(2)14(3)5-6-15-9-11(8-13)7-12(15)16/h10-11H,4-9,13H2,1-3H3. The fraction of sp³-hybridized carbons (Fsp3) is 0.917. The summed E-state index contributed by atoms with van der Waals surface area (Å²) in [5.41, 5.74) is 5.59. The zero-order valence-corrected chi connectivity index (χ0v) is 10.8. The Morgan fingerprint density at radius 2 is 2.31 bits per heavy atom. The molecule has 0 aliphatic carbocycles. The van der Waals surface area contributed by atoms with Crippen molar-refractivity contribution in [2.75, 3.05) is 33.2 Å². The van der Waals surface area contributed by atoms with Crippen LogP contribution in [0, 0.1) is 5.92 Å². The Bertz CT molecular complexity index is 232. The summed E-state index contributed by atoms with van der Waals surface area (Å²) in [4.78, 5) is 15.9. The van der Waals surface area contributed by atoms with Crippen molar-refractivity contribution in [1.82, 2.24) is 9.80 Å². The number of carbonyl (C=O) groups is 1. The molecule has 0 aromatic carbocycles. The zero-order valence-electron chi connectivity index (χ0n) is 10.8. The Balaban J connectivity index is 2.30. The van der Waals surface area contributed by atoms with Gasteiger partial charge in [0.25, 0.3) is 0 Å². The van der Waals surface area contributed by atoms with E-state index in [4.69, 9.17) is 5.73 Å². The molecule has 1 fully saturated rings. The molecule has 0 aromatic rings. The average molecular weight is 227 g/mol. The topological polar surface area (TPSA) is 49.6 Å². The first-order valence-electron chi connectivity index (χ1n) is 6.26. The summed E-state index contributed by atoms with van der Waals surface area (Å²) < 4.78 is 0. The van der Waals surface area contributed by atoms with Gasteiger partial charge in [-0.3, -0.25) is 4.79 Å². The SMILES string of the molecule is CCC(C)N(C)CCN1CC(CN)CC1=O. The first-order valence-corrected chi connectivity index (χ1v) is 6.26. The van der Waals surface area contributed by atoms with Gasteiger partial charge in [-0.2, -0.15) is 0 Å². The van der Waals surface area contributed by atoms with Gasteiger partial charge in [-0.25, -0.2) is 0 Å². The van der Waals surface area contributed by atoms with Crippen LogP contribution in [0.1, 0.15) is 26.7 Å². The van der Waals surface area contributed by atoms with E-state index in [1.807, 2.05) is 4.90 Å². The van der Waals surface area contributed by atoms with Crippen LogP contribution in [-0.4, -0.2) is 55.0 Å². The maximum Gasteiger partial charge on any atom is 0.223 e. The molecule has 1 heterocycles. The van der Waals surface area contributed by atoms with Crippen LogP contribution in [0.2, 0.25) is 0 Å². The first kappa shape index (κ1) is 13.5. The Morgan fingerprint density at radius 3 is 2.81 bits per heavy atom. The Hall–Kier alpha value is -0.610. The van der Waals surface area contributed by atoms with Gasteiger partial charge in [0.2, 0.25) is 5.91 Å². The van der Waals surface area contributed by atoms with E-state index >= 15 is 0 Å². The molecule has 4 heteroatoms. The molecule has 0 saturated carbocycles. The molecule has 0 bridgehead atoms. The number of hydrogen-bond donors (Lipinski definition) is 1. The van der Waals surface area contributed by atoms with Crippen LogP contribution in [-0.2, 0) is 4.79 Å². The van der Waals surface area contributed by atoms with E-state index in [-0.39, 0.29) is 5.91 Å². The molecule has 0 aromatic heterocycles. The van der Waals surface area contributed by atoms with E-state index in [0.717, 1.165) is 26.1 Å². The highest BCUT2D eigenvalue weighted by molar-refractivity contribution is 5.78. The molecular weight excluding hydrogens is 202 g/mol. The zero-order chi connectivity index (χ0) is 12.1. The highest BCUT2D eigenvalue weighted by Crippen LogP contribution is 2.16. The summed E-state index contributed by atoms with van der Waals surface area (Å²) in [6.07, 6.45) is 1.79. The van der Waals surface area contributed by atoms with Gasteiger partial charge >= 0.3 is 0 Å². The number of nitrogens with zero attached hydrogens (tertiary/aromatic N) is 2. The van der Waals surface area contributed by atoms with Crippen LogP contribution in [0.4, 0.5) is 0 Å². The lowest BCUT2D eigenvalue weighted by Gasteiger charge is -2.26. The normalized spacial score (nSPS) is 23.2. The molecule has 94 valence electrons. The molecule has 4 nitrogen and oxygen atoms in total. The predicted molar refractivity (Wildman–Crippen MR) is 66.1 cm³/mol. The lowest BCUT2D eigenvalue weighted by Crippen LogP contribution is -2.38. The van der Waals surface area contributed by atoms with Gasteiger partial charge in [-0.05, 0) is 32.9 Å². The van der Waals surface area contributed by atoms with E-state index in [2.05, 4.69) is 25.8 Å². The third kappa shape index (κ3) is 3.46. The minimum absolute atomic E-state index is 0.271. The van der Waals surface area contributed by atoms with E-state index < -0.39 is 0 Å². The van der Waals surface area contributed by atoms with E-state index in [1.54, 1.807) is 0 Å². The molecule has 16 heavy (non-hydrogen) atoms. The van der Waals surface area contributed by atoms with Crippen LogP contribution in [0.3, 0.4) is 0 Å². The average Bonchev–Trinajstić information content (AvgIpc) is 2.65. The molecular formula is C12H25N3O. The van der Waals surface area contributed by atoms with Gasteiger partial charge in [0.15, 0.2) is 0 Å². The van der Waals surface area contributed by atoms with Crippen molar-refractivity contribution >= 4 is 5.91 Å². The second-order valence-electron chi connectivity index (χ2n) is 4.88. The lowest BCUT2D eigenvalue weighted by atomic mass is 10.1. The molecule has 2 N–H and O–H groups in total. The lowest BCUT2D eigenvalue weighted by molar-refractivity contribution is -0.127. The summed E-state index contributed by atoms with van der Waals surface area (Å²) in [6.45, 7) is 7.68. The Morgan fingerprint density at radius 1 is 1.62 bits per heavy atom. The predicted octanol–water partition coefficient (Wildman–Crippen LogP) is 0.524. The van der Waals surface area contributed by atoms with Crippen LogP contribution in [0.25, 0.3) is 0 Å². The van der Waals surface area contributed by atoms with Crippen molar-refractivity contribution in [1.29, 1.82) is 0 Å². The van der Waals surface area contributed by atoms with Crippen molar-refractivity contribution in [3.05, 3.63) is 0 Å². The minimum atomic E-state index is 0.271. The molecule has 2 unspecified atom stereocenters. The van der Waals surface area contributed by atoms with Gasteiger partial charge in [0, 0.05) is 32.1 Å². The number of rotatable bonds is 6. The minimum Gasteiger partial charge on any atom is -0.341 e. The first-order chi connectivity index (χ1) is 7.58. The van der Waals surface area contributed by atoms with E-state index in [0.29, 0.717) is 24.9 Å². The van der Waals surface area contributed by atoms with Crippen molar-refractivity contribution < 1.29 is 4.79 Å². The van der Waals surface area contributed by atoms with Crippen LogP contribution < -0.4 is 5.73 Å². The van der Waals surface area contributed by atoms with E-state index in [1.165, 1.54) is 0 Å². The molecule has 2 atom stereocenters. The molecule has 0 spiro atoms. The smallest absolute Gasteiger partial charge is 0.223 e. The molecule has 1 aliphatic heterocycles. The number of likely N-dealkylation sites (tertiary alicyclic amines) is 1. The fourth-order valence-electron chi connectivity index (χ4n) is 2.04. The molecule has 1 aliphatic rings. The van der Waals surface area contributed by atoms with Gasteiger partial charge in [-0.15, -0.1) is 0 Å². The number of amides is 1. The van der Waals surface area contributed by atoms with Gasteiger partial charge in [0.1, 0.15) is 0 Å². The van der Waals surface area contributed by atoms with Crippen LogP contribution >= 0.6 is 0 Å². The van der Waals surface area contributed by atoms with E-state index in [9.17, 15) is 4.79 Å². The fourth-order valence-corrected chi connectivity index (χ4v) is 2.04. The third-order valence-corrected chi connectivity index (χ3v) is 3.69. The third-order valence-electron chi connectivity index (χ3n) is 3.69. The van der Waals surface area contributed by atoms with Crippen LogP contribution in [0.15, 0.2) is 0 Å². The number of hydrogen-bond acceptors (Lipinski definition) is 3. The monoisotopic (exact) mass is 227 g/mol. The summed E-state index contributed by atoms with van der Waals surface area (Å²) in [6, 6.07) is 0.586. The summed E-state index contributed by atoms with van der Waals surface area (Å²) in [7, 11) is 2.12. The quantitative estimate of drug-likeness (QED) is 0.720. The molecule has 1 rings (SSSR count). The maximum atomic E-state index is 11.6. The highest BCUT2D eigenvalue weighted by atomic mass is 16.2. The Kier molecular flexibility index (Phi) is 5.22. The number of likely N-dealkylation sites (N-methyl/N-ethyl adjacent to an activating group) is 1. The van der Waals surface area contributed by atoms with Crippen molar-refractivity contribution in [3.8, 4) is 0 Å². The molecule has 1 amide bonds. The summed E-state index contributed by atoms with van der Waals surface area (Å²) >= 11 is 0. The summed E-state index contributed by atoms with van der Waals surface area (Å²) in [5, 5.41) is 0. The highest BCUT2D eigenvalue weighted by Gasteiger charge is 2.28. The number of carbonyl (C=O) groups excluding carboxylic acids is 1.